The molecule has 1 aliphatic rings. The van der Waals surface area contributed by atoms with E-state index in [-0.39, 0.29) is 6.04 Å². The second-order valence-electron chi connectivity index (χ2n) is 7.26. The first kappa shape index (κ1) is 16.0. The molecule has 0 radical (unpaired) electrons. The first-order valence-corrected chi connectivity index (χ1v) is 11.7. The third-order valence-electron chi connectivity index (χ3n) is 4.09. The molecule has 0 saturated heterocycles. The van der Waals surface area contributed by atoms with Crippen LogP contribution in [0.3, 0.4) is 0 Å². The molecule has 1 unspecified atom stereocenters. The summed E-state index contributed by atoms with van der Waals surface area (Å²) in [4.78, 5) is 6.68. The Bertz CT molecular complexity index is 671. The van der Waals surface area contributed by atoms with Gasteiger partial charge >= 0.3 is 0 Å². The third kappa shape index (κ3) is 3.56. The number of nitrogens with zero attached hydrogens (tertiary/aromatic N) is 4. The van der Waals surface area contributed by atoms with Crippen LogP contribution in [0.4, 0.5) is 5.82 Å². The number of hydrogen-bond acceptors (Lipinski definition) is 4. The molecule has 0 aliphatic carbocycles. The van der Waals surface area contributed by atoms with Crippen LogP contribution < -0.4 is 0 Å². The average Bonchev–Trinajstić information content (AvgIpc) is 3.12. The molecule has 0 spiro atoms. The van der Waals surface area contributed by atoms with E-state index in [0.717, 1.165) is 18.0 Å². The van der Waals surface area contributed by atoms with Crippen LogP contribution in [-0.2, 0) is 11.5 Å². The number of H-pyrrole nitrogens is 1. The molecule has 1 atom stereocenters. The highest BCUT2D eigenvalue weighted by Crippen LogP contribution is 2.37. The largest absolute Gasteiger partial charge is 0.361 e. The van der Waals surface area contributed by atoms with Gasteiger partial charge in [-0.3, -0.25) is 5.10 Å². The van der Waals surface area contributed by atoms with Crippen LogP contribution in [0.2, 0.25) is 25.7 Å². The topological polar surface area (TPSA) is 58.4 Å². The summed E-state index contributed by atoms with van der Waals surface area (Å²) < 4.78 is 7.94. The lowest BCUT2D eigenvalue weighted by Gasteiger charge is -2.28. The van der Waals surface area contributed by atoms with E-state index in [1.807, 2.05) is 25.8 Å². The van der Waals surface area contributed by atoms with Gasteiger partial charge in [0.05, 0.1) is 18.6 Å². The summed E-state index contributed by atoms with van der Waals surface area (Å²) in [6.07, 6.45) is 7.74. The van der Waals surface area contributed by atoms with Crippen LogP contribution in [0.1, 0.15) is 17.2 Å². The van der Waals surface area contributed by atoms with Crippen molar-refractivity contribution in [2.24, 2.45) is 4.99 Å². The van der Waals surface area contributed by atoms with Crippen molar-refractivity contribution in [3.8, 4) is 0 Å². The van der Waals surface area contributed by atoms with Crippen molar-refractivity contribution in [3.63, 3.8) is 0 Å². The average molecular weight is 331 g/mol. The van der Waals surface area contributed by atoms with Crippen LogP contribution in [0, 0.1) is 0 Å². The SMILES string of the molecule is CN1C=Nc2c(ccn2COCC[Si](C)(C)C)C1c1cn[nH]c1. The molecule has 0 fully saturated rings. The van der Waals surface area contributed by atoms with Crippen LogP contribution in [0.5, 0.6) is 0 Å². The van der Waals surface area contributed by atoms with Gasteiger partial charge < -0.3 is 14.2 Å². The maximum atomic E-state index is 5.86. The van der Waals surface area contributed by atoms with Gasteiger partial charge in [-0.2, -0.15) is 5.10 Å². The van der Waals surface area contributed by atoms with E-state index in [2.05, 4.69) is 56.6 Å². The Morgan fingerprint density at radius 1 is 1.35 bits per heavy atom. The molecule has 124 valence electrons. The third-order valence-corrected chi connectivity index (χ3v) is 5.79. The number of ether oxygens (including phenoxy) is 1. The van der Waals surface area contributed by atoms with Crippen molar-refractivity contribution in [1.29, 1.82) is 0 Å². The Morgan fingerprint density at radius 2 is 2.17 bits per heavy atom. The summed E-state index contributed by atoms with van der Waals surface area (Å²) >= 11 is 0. The minimum atomic E-state index is -1.05. The highest BCUT2D eigenvalue weighted by molar-refractivity contribution is 6.76. The maximum Gasteiger partial charge on any atom is 0.141 e. The van der Waals surface area contributed by atoms with E-state index in [1.54, 1.807) is 0 Å². The molecule has 3 rings (SSSR count). The molecule has 0 saturated carbocycles. The van der Waals surface area contributed by atoms with Gasteiger partial charge in [0.2, 0.25) is 0 Å². The fourth-order valence-corrected chi connectivity index (χ4v) is 3.50. The molecule has 7 heteroatoms. The Kier molecular flexibility index (Phi) is 4.41. The summed E-state index contributed by atoms with van der Waals surface area (Å²) in [5, 5.41) is 6.96. The fourth-order valence-electron chi connectivity index (χ4n) is 2.75. The van der Waals surface area contributed by atoms with Crippen molar-refractivity contribution in [2.45, 2.75) is 38.5 Å². The van der Waals surface area contributed by atoms with Gasteiger partial charge in [-0.05, 0) is 12.1 Å². The molecule has 0 aromatic carbocycles. The van der Waals surface area contributed by atoms with Gasteiger partial charge in [0, 0.05) is 45.2 Å². The van der Waals surface area contributed by atoms with E-state index < -0.39 is 8.07 Å². The van der Waals surface area contributed by atoms with Crippen LogP contribution in [0.25, 0.3) is 0 Å². The van der Waals surface area contributed by atoms with E-state index in [1.165, 1.54) is 11.6 Å². The van der Waals surface area contributed by atoms with Gasteiger partial charge in [0.1, 0.15) is 12.5 Å². The molecule has 2 aromatic heterocycles. The zero-order chi connectivity index (χ0) is 16.4. The summed E-state index contributed by atoms with van der Waals surface area (Å²) in [5.74, 6) is 0.974. The lowest BCUT2D eigenvalue weighted by molar-refractivity contribution is 0.0884. The van der Waals surface area contributed by atoms with Gasteiger partial charge in [-0.25, -0.2) is 4.99 Å². The maximum absolute atomic E-state index is 5.86. The van der Waals surface area contributed by atoms with E-state index >= 15 is 0 Å². The summed E-state index contributed by atoms with van der Waals surface area (Å²) in [7, 11) is 0.988. The molecule has 3 heterocycles. The van der Waals surface area contributed by atoms with Crippen molar-refractivity contribution >= 4 is 20.2 Å². The highest BCUT2D eigenvalue weighted by Gasteiger charge is 2.27. The van der Waals surface area contributed by atoms with Crippen molar-refractivity contribution in [2.75, 3.05) is 13.7 Å². The number of aromatic nitrogens is 3. The second-order valence-corrected chi connectivity index (χ2v) is 12.9. The predicted octanol–water partition coefficient (Wildman–Crippen LogP) is 3.22. The van der Waals surface area contributed by atoms with Crippen LogP contribution in [0.15, 0.2) is 29.6 Å². The normalized spacial score (nSPS) is 17.6. The van der Waals surface area contributed by atoms with Crippen LogP contribution in [-0.4, -0.2) is 47.7 Å². The smallest absolute Gasteiger partial charge is 0.141 e. The lowest BCUT2D eigenvalue weighted by Crippen LogP contribution is -2.26. The van der Waals surface area contributed by atoms with Gasteiger partial charge in [0.25, 0.3) is 0 Å². The van der Waals surface area contributed by atoms with Crippen molar-refractivity contribution in [1.82, 2.24) is 19.7 Å². The fraction of sp³-hybridized carbons (Fsp3) is 0.500. The molecule has 0 amide bonds. The molecule has 1 N–H and O–H groups in total. The minimum absolute atomic E-state index is 0.143. The summed E-state index contributed by atoms with van der Waals surface area (Å²) in [6, 6.07) is 3.45. The molecular formula is C16H25N5OSi. The summed E-state index contributed by atoms with van der Waals surface area (Å²) in [6.45, 7) is 8.47. The molecule has 2 aromatic rings. The second kappa shape index (κ2) is 6.33. The monoisotopic (exact) mass is 331 g/mol. The number of fused-ring (bicyclic) bond motifs is 1. The zero-order valence-corrected chi connectivity index (χ0v) is 15.3. The Hall–Kier alpha value is -1.86. The Labute approximate surface area is 138 Å². The predicted molar refractivity (Wildman–Crippen MR) is 94.9 cm³/mol. The van der Waals surface area contributed by atoms with E-state index in [0.29, 0.717) is 6.73 Å². The van der Waals surface area contributed by atoms with Crippen molar-refractivity contribution < 1.29 is 4.74 Å². The number of nitrogens with one attached hydrogen (secondary N) is 1. The van der Waals surface area contributed by atoms with Gasteiger partial charge in [0.15, 0.2) is 0 Å². The minimum Gasteiger partial charge on any atom is -0.361 e. The van der Waals surface area contributed by atoms with E-state index in [9.17, 15) is 0 Å². The number of aliphatic imine (C=N–C) groups is 1. The summed E-state index contributed by atoms with van der Waals surface area (Å²) in [5.41, 5.74) is 2.32. The molecule has 1 aliphatic heterocycles. The highest BCUT2D eigenvalue weighted by atomic mass is 28.3. The van der Waals surface area contributed by atoms with Crippen LogP contribution >= 0.6 is 0 Å². The van der Waals surface area contributed by atoms with Gasteiger partial charge in [-0.1, -0.05) is 19.6 Å². The van der Waals surface area contributed by atoms with E-state index in [4.69, 9.17) is 4.74 Å². The van der Waals surface area contributed by atoms with Gasteiger partial charge in [-0.15, -0.1) is 0 Å². The first-order valence-electron chi connectivity index (χ1n) is 7.97. The molecule has 6 nitrogen and oxygen atoms in total. The quantitative estimate of drug-likeness (QED) is 0.653. The first-order chi connectivity index (χ1) is 11.0. The standard InChI is InChI=1S/C16H25N5OSi/c1-20-11-17-16-14(15(20)13-9-18-19-10-13)5-6-21(16)12-22-7-8-23(2,3)4/h5-6,9-11,15H,7-8,12H2,1-4H3,(H,18,19). The Balaban J connectivity index is 1.72. The number of rotatable bonds is 6. The zero-order valence-electron chi connectivity index (χ0n) is 14.3. The number of hydrogen-bond donors (Lipinski definition) is 1. The lowest BCUT2D eigenvalue weighted by atomic mass is 10.0. The Morgan fingerprint density at radius 3 is 2.87 bits per heavy atom. The molecule has 23 heavy (non-hydrogen) atoms. The molecular weight excluding hydrogens is 306 g/mol. The van der Waals surface area contributed by atoms with Crippen molar-refractivity contribution in [3.05, 3.63) is 35.8 Å². The number of aromatic amines is 1. The molecule has 0 bridgehead atoms.